The van der Waals surface area contributed by atoms with Gasteiger partial charge in [0.2, 0.25) is 0 Å². The number of pyridine rings is 2. The van der Waals surface area contributed by atoms with E-state index in [1.54, 1.807) is 12.4 Å². The highest BCUT2D eigenvalue weighted by Gasteiger charge is 1.98. The van der Waals surface area contributed by atoms with Crippen molar-refractivity contribution in [3.8, 4) is 0 Å². The molecule has 0 aromatic carbocycles. The summed E-state index contributed by atoms with van der Waals surface area (Å²) in [6.45, 7) is 0. The first-order valence-corrected chi connectivity index (χ1v) is 4.90. The topological polar surface area (TPSA) is 37.8 Å². The van der Waals surface area contributed by atoms with Crippen LogP contribution in [-0.2, 0) is 6.42 Å². The lowest BCUT2D eigenvalue weighted by Gasteiger charge is -2.03. The lowest BCUT2D eigenvalue weighted by Crippen LogP contribution is -1.95. The number of anilines is 1. The molecule has 0 saturated heterocycles. The number of aromatic nitrogens is 2. The summed E-state index contributed by atoms with van der Waals surface area (Å²) in [4.78, 5) is 8.31. The number of hydrogen-bond acceptors (Lipinski definition) is 3. The molecule has 0 unspecified atom stereocenters. The van der Waals surface area contributed by atoms with Crippen molar-refractivity contribution in [3.05, 3.63) is 54.1 Å². The summed E-state index contributed by atoms with van der Waals surface area (Å²) in [5, 5.41) is 3.10. The molecule has 0 spiro atoms. The van der Waals surface area contributed by atoms with Crippen LogP contribution in [0.2, 0.25) is 0 Å². The predicted octanol–water partition coefficient (Wildman–Crippen LogP) is 2.11. The highest BCUT2D eigenvalue weighted by Crippen LogP contribution is 2.10. The van der Waals surface area contributed by atoms with Crippen LogP contribution < -0.4 is 5.32 Å². The second-order valence-corrected chi connectivity index (χ2v) is 3.32. The average Bonchev–Trinajstić information content (AvgIpc) is 2.31. The smallest absolute Gasteiger partial charge is 0.0467 e. The van der Waals surface area contributed by atoms with Crippen LogP contribution in [0.25, 0.3) is 0 Å². The maximum absolute atomic E-state index is 4.32. The molecule has 0 aliphatic carbocycles. The fourth-order valence-electron chi connectivity index (χ4n) is 1.44. The molecule has 15 heavy (non-hydrogen) atoms. The van der Waals surface area contributed by atoms with Crippen molar-refractivity contribution in [1.82, 2.24) is 9.97 Å². The second-order valence-electron chi connectivity index (χ2n) is 3.32. The molecule has 0 aliphatic rings. The van der Waals surface area contributed by atoms with Gasteiger partial charge in [0.15, 0.2) is 0 Å². The van der Waals surface area contributed by atoms with Gasteiger partial charge in [0.05, 0.1) is 0 Å². The van der Waals surface area contributed by atoms with Gasteiger partial charge in [0.25, 0.3) is 0 Å². The van der Waals surface area contributed by atoms with E-state index in [1.807, 2.05) is 31.4 Å². The van der Waals surface area contributed by atoms with Crippen molar-refractivity contribution in [2.75, 3.05) is 12.4 Å². The lowest BCUT2D eigenvalue weighted by atomic mass is 10.1. The third kappa shape index (κ3) is 2.53. The Bertz CT molecular complexity index is 426. The van der Waals surface area contributed by atoms with Crippen LogP contribution in [0, 0.1) is 0 Å². The van der Waals surface area contributed by atoms with Crippen LogP contribution >= 0.6 is 0 Å². The van der Waals surface area contributed by atoms with Gasteiger partial charge in [-0.1, -0.05) is 0 Å². The van der Waals surface area contributed by atoms with Crippen molar-refractivity contribution >= 4 is 5.69 Å². The van der Waals surface area contributed by atoms with Crippen LogP contribution in [0.1, 0.15) is 11.3 Å². The molecule has 3 nitrogen and oxygen atoms in total. The minimum Gasteiger partial charge on any atom is -0.388 e. The van der Waals surface area contributed by atoms with Gasteiger partial charge in [-0.25, -0.2) is 0 Å². The highest BCUT2D eigenvalue weighted by atomic mass is 14.8. The third-order valence-electron chi connectivity index (χ3n) is 2.24. The van der Waals surface area contributed by atoms with Gasteiger partial charge in [0, 0.05) is 43.4 Å². The van der Waals surface area contributed by atoms with E-state index in [1.165, 1.54) is 5.56 Å². The van der Waals surface area contributed by atoms with E-state index in [9.17, 15) is 0 Å². The fraction of sp³-hybridized carbons (Fsp3) is 0.167. The Kier molecular flexibility index (Phi) is 2.93. The van der Waals surface area contributed by atoms with E-state index in [0.29, 0.717) is 0 Å². The first-order valence-electron chi connectivity index (χ1n) is 4.90. The van der Waals surface area contributed by atoms with Crippen molar-refractivity contribution < 1.29 is 0 Å². The summed E-state index contributed by atoms with van der Waals surface area (Å²) >= 11 is 0. The monoisotopic (exact) mass is 199 g/mol. The summed E-state index contributed by atoms with van der Waals surface area (Å²) in [5.74, 6) is 0. The van der Waals surface area contributed by atoms with Crippen molar-refractivity contribution in [3.63, 3.8) is 0 Å². The van der Waals surface area contributed by atoms with E-state index in [0.717, 1.165) is 17.8 Å². The largest absolute Gasteiger partial charge is 0.388 e. The van der Waals surface area contributed by atoms with Crippen LogP contribution in [0.4, 0.5) is 5.69 Å². The van der Waals surface area contributed by atoms with E-state index < -0.39 is 0 Å². The van der Waals surface area contributed by atoms with Gasteiger partial charge in [-0.05, 0) is 29.8 Å². The molecule has 0 amide bonds. The quantitative estimate of drug-likeness (QED) is 0.822. The van der Waals surface area contributed by atoms with Crippen molar-refractivity contribution in [2.45, 2.75) is 6.42 Å². The van der Waals surface area contributed by atoms with E-state index in [4.69, 9.17) is 0 Å². The molecular weight excluding hydrogens is 186 g/mol. The standard InChI is InChI=1S/C12H13N3/c1-13-11-4-7-15-12(9-11)8-10-2-5-14-6-3-10/h2-7,9H,8H2,1H3,(H,13,15). The van der Waals surface area contributed by atoms with Gasteiger partial charge in [-0.15, -0.1) is 0 Å². The summed E-state index contributed by atoms with van der Waals surface area (Å²) in [6.07, 6.45) is 6.27. The van der Waals surface area contributed by atoms with Gasteiger partial charge >= 0.3 is 0 Å². The van der Waals surface area contributed by atoms with Gasteiger partial charge < -0.3 is 5.32 Å². The molecule has 0 fully saturated rings. The third-order valence-corrected chi connectivity index (χ3v) is 2.24. The average molecular weight is 199 g/mol. The molecule has 0 saturated carbocycles. The predicted molar refractivity (Wildman–Crippen MR) is 60.8 cm³/mol. The Hall–Kier alpha value is -1.90. The number of rotatable bonds is 3. The molecular formula is C12H13N3. The zero-order valence-electron chi connectivity index (χ0n) is 8.64. The van der Waals surface area contributed by atoms with Gasteiger partial charge in [-0.2, -0.15) is 0 Å². The molecule has 0 atom stereocenters. The normalized spacial score (nSPS) is 9.93. The molecule has 0 radical (unpaired) electrons. The SMILES string of the molecule is CNc1ccnc(Cc2ccncc2)c1. The Morgan fingerprint density at radius 1 is 1.13 bits per heavy atom. The van der Waals surface area contributed by atoms with Crippen molar-refractivity contribution in [2.24, 2.45) is 0 Å². The number of nitrogens with zero attached hydrogens (tertiary/aromatic N) is 2. The molecule has 3 heteroatoms. The Morgan fingerprint density at radius 3 is 2.67 bits per heavy atom. The minimum absolute atomic E-state index is 0.845. The van der Waals surface area contributed by atoms with E-state index in [2.05, 4.69) is 21.4 Å². The molecule has 0 aliphatic heterocycles. The fourth-order valence-corrected chi connectivity index (χ4v) is 1.44. The van der Waals surface area contributed by atoms with Crippen LogP contribution in [0.5, 0.6) is 0 Å². The van der Waals surface area contributed by atoms with E-state index >= 15 is 0 Å². The van der Waals surface area contributed by atoms with E-state index in [-0.39, 0.29) is 0 Å². The molecule has 76 valence electrons. The summed E-state index contributed by atoms with van der Waals surface area (Å²) < 4.78 is 0. The maximum atomic E-state index is 4.32. The van der Waals surface area contributed by atoms with Crippen LogP contribution in [0.3, 0.4) is 0 Å². The number of hydrogen-bond donors (Lipinski definition) is 1. The molecule has 1 N–H and O–H groups in total. The summed E-state index contributed by atoms with van der Waals surface area (Å²) in [7, 11) is 1.91. The Morgan fingerprint density at radius 2 is 1.93 bits per heavy atom. The molecule has 2 heterocycles. The number of nitrogens with one attached hydrogen (secondary N) is 1. The van der Waals surface area contributed by atoms with Crippen LogP contribution in [0.15, 0.2) is 42.9 Å². The summed E-state index contributed by atoms with van der Waals surface area (Å²) in [6, 6.07) is 8.03. The van der Waals surface area contributed by atoms with Crippen molar-refractivity contribution in [1.29, 1.82) is 0 Å². The minimum atomic E-state index is 0.845. The lowest BCUT2D eigenvalue weighted by molar-refractivity contribution is 1.07. The maximum Gasteiger partial charge on any atom is 0.0467 e. The molecule has 2 aromatic heterocycles. The zero-order chi connectivity index (χ0) is 10.5. The molecule has 2 rings (SSSR count). The van der Waals surface area contributed by atoms with Crippen LogP contribution in [-0.4, -0.2) is 17.0 Å². The second kappa shape index (κ2) is 4.55. The Balaban J connectivity index is 2.17. The zero-order valence-corrected chi connectivity index (χ0v) is 8.64. The first kappa shape index (κ1) is 9.65. The van der Waals surface area contributed by atoms with Gasteiger partial charge in [-0.3, -0.25) is 9.97 Å². The molecule has 2 aromatic rings. The molecule has 0 bridgehead atoms. The summed E-state index contributed by atoms with van der Waals surface area (Å²) in [5.41, 5.74) is 3.38. The Labute approximate surface area is 89.2 Å². The highest BCUT2D eigenvalue weighted by molar-refractivity contribution is 5.43. The van der Waals surface area contributed by atoms with Gasteiger partial charge in [0.1, 0.15) is 0 Å². The first-order chi connectivity index (χ1) is 7.38.